The summed E-state index contributed by atoms with van der Waals surface area (Å²) in [6, 6.07) is 0. The van der Waals surface area contributed by atoms with E-state index in [2.05, 4.69) is 29.5 Å². The average molecular weight is 156 g/mol. The van der Waals surface area contributed by atoms with Crippen LogP contribution in [0.15, 0.2) is 17.7 Å². The van der Waals surface area contributed by atoms with E-state index in [0.717, 1.165) is 5.69 Å². The first-order valence-electron chi connectivity index (χ1n) is 2.75. The summed E-state index contributed by atoms with van der Waals surface area (Å²) >= 11 is 4.03. The molecule has 0 spiro atoms. The van der Waals surface area contributed by atoms with Crippen molar-refractivity contribution >= 4 is 12.6 Å². The Balaban J connectivity index is 2.97. The molecule has 0 aliphatic carbocycles. The van der Waals surface area contributed by atoms with E-state index in [1.54, 1.807) is 6.08 Å². The number of rotatable bonds is 2. The lowest BCUT2D eigenvalue weighted by Crippen LogP contribution is -2.13. The first kappa shape index (κ1) is 7.14. The molecular weight excluding hydrogens is 148 g/mol. The molecule has 0 radical (unpaired) electrons. The van der Waals surface area contributed by atoms with Gasteiger partial charge in [-0.05, 0) is 5.21 Å². The summed E-state index contributed by atoms with van der Waals surface area (Å²) in [6.07, 6.45) is 2.37. The van der Waals surface area contributed by atoms with Gasteiger partial charge in [0.05, 0.1) is 5.69 Å². The standard InChI is InChI=1S/C5H8N4S/c1-2-3-4-5(10)7-8-9(4)6/h2,10H,1,3,6H2. The largest absolute Gasteiger partial charge is 0.321 e. The molecule has 0 atom stereocenters. The lowest BCUT2D eigenvalue weighted by atomic mass is 10.3. The Morgan fingerprint density at radius 2 is 2.50 bits per heavy atom. The fraction of sp³-hybridized carbons (Fsp3) is 0.200. The molecule has 0 unspecified atom stereocenters. The van der Waals surface area contributed by atoms with Crippen molar-refractivity contribution in [2.45, 2.75) is 11.4 Å². The van der Waals surface area contributed by atoms with Crippen LogP contribution in [-0.2, 0) is 6.42 Å². The summed E-state index contributed by atoms with van der Waals surface area (Å²) in [4.78, 5) is 1.20. The summed E-state index contributed by atoms with van der Waals surface area (Å²) in [6.45, 7) is 3.56. The van der Waals surface area contributed by atoms with Gasteiger partial charge in [-0.3, -0.25) is 0 Å². The Bertz CT molecular complexity index is 222. The molecule has 1 rings (SSSR count). The maximum absolute atomic E-state index is 5.37. The Labute approximate surface area is 64.1 Å². The lowest BCUT2D eigenvalue weighted by Gasteiger charge is -1.94. The van der Waals surface area contributed by atoms with Gasteiger partial charge < -0.3 is 5.84 Å². The minimum absolute atomic E-state index is 0.558. The molecule has 54 valence electrons. The SMILES string of the molecule is C=CCc1c(S)nnn1N. The molecule has 0 saturated carbocycles. The molecule has 5 heteroatoms. The van der Waals surface area contributed by atoms with Gasteiger partial charge in [0, 0.05) is 6.42 Å². The Hall–Kier alpha value is -0.970. The molecule has 0 aliphatic rings. The van der Waals surface area contributed by atoms with Crippen LogP contribution in [0.5, 0.6) is 0 Å². The molecule has 10 heavy (non-hydrogen) atoms. The molecular formula is C5H8N4S. The van der Waals surface area contributed by atoms with Crippen molar-refractivity contribution in [3.05, 3.63) is 18.3 Å². The first-order chi connectivity index (χ1) is 4.75. The highest BCUT2D eigenvalue weighted by molar-refractivity contribution is 7.80. The van der Waals surface area contributed by atoms with E-state index in [1.807, 2.05) is 0 Å². The van der Waals surface area contributed by atoms with Crippen molar-refractivity contribution in [3.8, 4) is 0 Å². The number of nitrogens with two attached hydrogens (primary N) is 1. The van der Waals surface area contributed by atoms with Crippen LogP contribution >= 0.6 is 12.6 Å². The van der Waals surface area contributed by atoms with Crippen molar-refractivity contribution in [1.29, 1.82) is 0 Å². The van der Waals surface area contributed by atoms with Crippen molar-refractivity contribution in [2.24, 2.45) is 0 Å². The van der Waals surface area contributed by atoms with Crippen LogP contribution in [0, 0.1) is 0 Å². The van der Waals surface area contributed by atoms with Gasteiger partial charge in [0.25, 0.3) is 0 Å². The number of hydrogen-bond donors (Lipinski definition) is 2. The number of aromatic nitrogens is 3. The maximum Gasteiger partial charge on any atom is 0.141 e. The molecule has 0 bridgehead atoms. The van der Waals surface area contributed by atoms with E-state index in [0.29, 0.717) is 11.4 Å². The van der Waals surface area contributed by atoms with Crippen LogP contribution in [0.4, 0.5) is 0 Å². The minimum Gasteiger partial charge on any atom is -0.321 e. The zero-order valence-corrected chi connectivity index (χ0v) is 6.25. The molecule has 0 aliphatic heterocycles. The Morgan fingerprint density at radius 1 is 1.80 bits per heavy atom. The second-order valence-corrected chi connectivity index (χ2v) is 2.22. The predicted octanol–water partition coefficient (Wildman–Crippen LogP) is 0.00910. The summed E-state index contributed by atoms with van der Waals surface area (Å²) in [5.74, 6) is 5.37. The van der Waals surface area contributed by atoms with Gasteiger partial charge in [-0.1, -0.05) is 6.08 Å². The third-order valence-electron chi connectivity index (χ3n) is 1.11. The van der Waals surface area contributed by atoms with Gasteiger partial charge in [-0.2, -0.15) is 4.79 Å². The topological polar surface area (TPSA) is 56.7 Å². The van der Waals surface area contributed by atoms with Gasteiger partial charge >= 0.3 is 0 Å². The number of hydrogen-bond acceptors (Lipinski definition) is 4. The second-order valence-electron chi connectivity index (χ2n) is 1.80. The highest BCUT2D eigenvalue weighted by Gasteiger charge is 2.03. The molecule has 0 aromatic carbocycles. The molecule has 1 aromatic rings. The van der Waals surface area contributed by atoms with Gasteiger partial charge in [-0.15, -0.1) is 24.3 Å². The molecule has 0 fully saturated rings. The molecule has 2 N–H and O–H groups in total. The summed E-state index contributed by atoms with van der Waals surface area (Å²) < 4.78 is 0. The van der Waals surface area contributed by atoms with Gasteiger partial charge in [0.2, 0.25) is 0 Å². The molecule has 4 nitrogen and oxygen atoms in total. The van der Waals surface area contributed by atoms with E-state index in [4.69, 9.17) is 5.84 Å². The minimum atomic E-state index is 0.558. The monoisotopic (exact) mass is 156 g/mol. The van der Waals surface area contributed by atoms with Gasteiger partial charge in [0.1, 0.15) is 5.03 Å². The fourth-order valence-electron chi connectivity index (χ4n) is 0.626. The van der Waals surface area contributed by atoms with E-state index < -0.39 is 0 Å². The second kappa shape index (κ2) is 2.74. The average Bonchev–Trinajstić information content (AvgIpc) is 2.20. The van der Waals surface area contributed by atoms with Crippen molar-refractivity contribution in [2.75, 3.05) is 5.84 Å². The third kappa shape index (κ3) is 1.13. The van der Waals surface area contributed by atoms with Crippen molar-refractivity contribution < 1.29 is 0 Å². The number of nitrogen functional groups attached to an aromatic ring is 1. The smallest absolute Gasteiger partial charge is 0.141 e. The predicted molar refractivity (Wildman–Crippen MR) is 41.3 cm³/mol. The van der Waals surface area contributed by atoms with Gasteiger partial charge in [0.15, 0.2) is 0 Å². The van der Waals surface area contributed by atoms with Crippen LogP contribution in [0.1, 0.15) is 5.69 Å². The molecule has 0 saturated heterocycles. The normalized spacial score (nSPS) is 9.70. The Morgan fingerprint density at radius 3 is 2.90 bits per heavy atom. The molecule has 1 aromatic heterocycles. The number of thiol groups is 1. The van der Waals surface area contributed by atoms with Crippen LogP contribution in [-0.4, -0.2) is 15.1 Å². The zero-order valence-electron chi connectivity index (χ0n) is 5.36. The number of nitrogens with zero attached hydrogens (tertiary/aromatic N) is 3. The summed E-state index contributed by atoms with van der Waals surface area (Å²) in [5.41, 5.74) is 0.776. The summed E-state index contributed by atoms with van der Waals surface area (Å²) in [7, 11) is 0. The van der Waals surface area contributed by atoms with Crippen molar-refractivity contribution in [3.63, 3.8) is 0 Å². The summed E-state index contributed by atoms with van der Waals surface area (Å²) in [5, 5.41) is 7.75. The highest BCUT2D eigenvalue weighted by atomic mass is 32.1. The van der Waals surface area contributed by atoms with E-state index in [-0.39, 0.29) is 0 Å². The van der Waals surface area contributed by atoms with Crippen molar-refractivity contribution in [1.82, 2.24) is 15.1 Å². The highest BCUT2D eigenvalue weighted by Crippen LogP contribution is 2.07. The quantitative estimate of drug-likeness (QED) is 0.360. The number of allylic oxidation sites excluding steroid dienone is 1. The van der Waals surface area contributed by atoms with E-state index >= 15 is 0 Å². The zero-order chi connectivity index (χ0) is 7.56. The van der Waals surface area contributed by atoms with E-state index in [9.17, 15) is 0 Å². The van der Waals surface area contributed by atoms with E-state index in [1.165, 1.54) is 4.79 Å². The van der Waals surface area contributed by atoms with Crippen LogP contribution in [0.25, 0.3) is 0 Å². The maximum atomic E-state index is 5.37. The lowest BCUT2D eigenvalue weighted by molar-refractivity contribution is 0.737. The molecule has 1 heterocycles. The Kier molecular flexibility index (Phi) is 1.96. The van der Waals surface area contributed by atoms with Crippen LogP contribution in [0.3, 0.4) is 0 Å². The first-order valence-corrected chi connectivity index (χ1v) is 3.20. The third-order valence-corrected chi connectivity index (χ3v) is 1.46. The van der Waals surface area contributed by atoms with Crippen LogP contribution < -0.4 is 5.84 Å². The fourth-order valence-corrected chi connectivity index (χ4v) is 0.860. The van der Waals surface area contributed by atoms with Crippen LogP contribution in [0.2, 0.25) is 0 Å². The molecule has 0 amide bonds. The van der Waals surface area contributed by atoms with Gasteiger partial charge in [-0.25, -0.2) is 0 Å².